The van der Waals surface area contributed by atoms with Crippen molar-refractivity contribution in [3.05, 3.63) is 69.7 Å². The van der Waals surface area contributed by atoms with Crippen LogP contribution >= 0.6 is 23.2 Å². The van der Waals surface area contributed by atoms with E-state index in [-0.39, 0.29) is 12.5 Å². The predicted octanol–water partition coefficient (Wildman–Crippen LogP) is 3.56. The molecule has 1 saturated heterocycles. The van der Waals surface area contributed by atoms with Crippen LogP contribution in [0.2, 0.25) is 10.0 Å². The number of aliphatic hydroxyl groups is 1. The van der Waals surface area contributed by atoms with E-state index in [1.54, 1.807) is 18.2 Å². The maximum atomic E-state index is 12.7. The summed E-state index contributed by atoms with van der Waals surface area (Å²) in [5.41, 5.74) is 1.47. The summed E-state index contributed by atoms with van der Waals surface area (Å²) in [7, 11) is 0. The van der Waals surface area contributed by atoms with Gasteiger partial charge in [-0.1, -0.05) is 53.5 Å². The van der Waals surface area contributed by atoms with Crippen LogP contribution in [0.4, 0.5) is 0 Å². The van der Waals surface area contributed by atoms with Crippen LogP contribution in [0.15, 0.2) is 48.5 Å². The smallest absolute Gasteiger partial charge is 0.250 e. The Bertz CT molecular complexity index is 768. The van der Waals surface area contributed by atoms with Gasteiger partial charge >= 0.3 is 0 Å². The van der Waals surface area contributed by atoms with Crippen molar-refractivity contribution in [2.45, 2.75) is 25.0 Å². The molecule has 1 aliphatic rings. The van der Waals surface area contributed by atoms with Crippen molar-refractivity contribution in [2.75, 3.05) is 19.6 Å². The standard InChI is InChI=1S/C20H22Cl2N2O3/c21-16-8-14(9-17(22)11-16)10-20(26)24(27)19(15-4-2-1-3-5-15)13-23-7-6-18(25)12-23/h1-5,8-9,11,18-19,25,27H,6-7,10,12-13H2. The molecule has 1 fully saturated rings. The lowest BCUT2D eigenvalue weighted by Crippen LogP contribution is -2.40. The predicted molar refractivity (Wildman–Crippen MR) is 105 cm³/mol. The number of rotatable bonds is 6. The highest BCUT2D eigenvalue weighted by molar-refractivity contribution is 6.34. The molecule has 5 nitrogen and oxygen atoms in total. The van der Waals surface area contributed by atoms with Crippen LogP contribution in [-0.4, -0.2) is 51.9 Å². The molecule has 0 aliphatic carbocycles. The molecule has 0 bridgehead atoms. The molecule has 2 atom stereocenters. The summed E-state index contributed by atoms with van der Waals surface area (Å²) in [6, 6.07) is 13.8. The van der Waals surface area contributed by atoms with Crippen molar-refractivity contribution in [2.24, 2.45) is 0 Å². The Morgan fingerprint density at radius 1 is 1.19 bits per heavy atom. The Morgan fingerprint density at radius 2 is 1.85 bits per heavy atom. The first kappa shape index (κ1) is 20.1. The van der Waals surface area contributed by atoms with E-state index in [1.165, 1.54) is 0 Å². The molecule has 2 aromatic rings. The van der Waals surface area contributed by atoms with E-state index in [9.17, 15) is 15.1 Å². The number of amides is 1. The molecule has 7 heteroatoms. The fraction of sp³-hybridized carbons (Fsp3) is 0.350. The summed E-state index contributed by atoms with van der Waals surface area (Å²) in [5.74, 6) is -0.443. The second-order valence-corrected chi connectivity index (χ2v) is 7.69. The summed E-state index contributed by atoms with van der Waals surface area (Å²) >= 11 is 12.0. The van der Waals surface area contributed by atoms with E-state index in [1.807, 2.05) is 30.3 Å². The van der Waals surface area contributed by atoms with Gasteiger partial charge in [-0.2, -0.15) is 0 Å². The van der Waals surface area contributed by atoms with E-state index >= 15 is 0 Å². The molecular weight excluding hydrogens is 387 g/mol. The summed E-state index contributed by atoms with van der Waals surface area (Å²) in [4.78, 5) is 14.8. The molecule has 1 aliphatic heterocycles. The van der Waals surface area contributed by atoms with Gasteiger partial charge in [-0.25, -0.2) is 5.06 Å². The zero-order valence-electron chi connectivity index (χ0n) is 14.8. The Kier molecular flexibility index (Phi) is 6.73. The van der Waals surface area contributed by atoms with Gasteiger partial charge in [0, 0.05) is 29.7 Å². The van der Waals surface area contributed by atoms with Gasteiger partial charge in [0.25, 0.3) is 5.91 Å². The monoisotopic (exact) mass is 408 g/mol. The van der Waals surface area contributed by atoms with Gasteiger partial charge in [0.2, 0.25) is 0 Å². The third kappa shape index (κ3) is 5.43. The molecule has 0 radical (unpaired) electrons. The van der Waals surface area contributed by atoms with Crippen LogP contribution in [0.1, 0.15) is 23.6 Å². The Balaban J connectivity index is 1.76. The average Bonchev–Trinajstić information content (AvgIpc) is 3.04. The van der Waals surface area contributed by atoms with E-state index in [0.717, 1.165) is 17.2 Å². The molecule has 1 heterocycles. The maximum Gasteiger partial charge on any atom is 0.250 e. The molecule has 1 amide bonds. The summed E-state index contributed by atoms with van der Waals surface area (Å²) in [5, 5.41) is 22.1. The lowest BCUT2D eigenvalue weighted by molar-refractivity contribution is -0.177. The van der Waals surface area contributed by atoms with Gasteiger partial charge in [0.15, 0.2) is 0 Å². The van der Waals surface area contributed by atoms with Crippen LogP contribution in [0.25, 0.3) is 0 Å². The average molecular weight is 409 g/mol. The first-order valence-corrected chi connectivity index (χ1v) is 9.59. The number of β-amino-alcohol motifs (C(OH)–C–C–N with tert-alkyl or cyclic N) is 1. The van der Waals surface area contributed by atoms with Crippen molar-refractivity contribution in [1.82, 2.24) is 9.96 Å². The van der Waals surface area contributed by atoms with Crippen LogP contribution in [0.5, 0.6) is 0 Å². The van der Waals surface area contributed by atoms with E-state index < -0.39 is 11.9 Å². The molecule has 2 aromatic carbocycles. The number of likely N-dealkylation sites (tertiary alicyclic amines) is 1. The highest BCUT2D eigenvalue weighted by Crippen LogP contribution is 2.25. The SMILES string of the molecule is O=C(Cc1cc(Cl)cc(Cl)c1)N(O)C(CN1CCC(O)C1)c1ccccc1. The molecule has 0 aromatic heterocycles. The van der Waals surface area contributed by atoms with Gasteiger partial charge in [0.1, 0.15) is 0 Å². The van der Waals surface area contributed by atoms with Crippen LogP contribution in [0, 0.1) is 0 Å². The molecule has 2 unspecified atom stereocenters. The molecule has 0 saturated carbocycles. The van der Waals surface area contributed by atoms with Crippen molar-refractivity contribution < 1.29 is 15.1 Å². The number of hydrogen-bond acceptors (Lipinski definition) is 4. The zero-order chi connectivity index (χ0) is 19.4. The van der Waals surface area contributed by atoms with Crippen LogP contribution < -0.4 is 0 Å². The second-order valence-electron chi connectivity index (χ2n) is 6.82. The van der Waals surface area contributed by atoms with Gasteiger partial charge < -0.3 is 5.11 Å². The Hall–Kier alpha value is -1.63. The molecular formula is C20H22Cl2N2O3. The van der Waals surface area contributed by atoms with Crippen molar-refractivity contribution >= 4 is 29.1 Å². The van der Waals surface area contributed by atoms with E-state index in [0.29, 0.717) is 35.1 Å². The third-order valence-corrected chi connectivity index (χ3v) is 5.13. The minimum Gasteiger partial charge on any atom is -0.392 e. The minimum atomic E-state index is -0.529. The van der Waals surface area contributed by atoms with Gasteiger partial charge in [-0.3, -0.25) is 14.9 Å². The summed E-state index contributed by atoms with van der Waals surface area (Å²) < 4.78 is 0. The topological polar surface area (TPSA) is 64.0 Å². The van der Waals surface area contributed by atoms with Crippen LogP contribution in [-0.2, 0) is 11.2 Å². The lowest BCUT2D eigenvalue weighted by atomic mass is 10.0. The Morgan fingerprint density at radius 3 is 2.44 bits per heavy atom. The lowest BCUT2D eigenvalue weighted by Gasteiger charge is -2.30. The number of halogens is 2. The second kappa shape index (κ2) is 9.04. The fourth-order valence-electron chi connectivity index (χ4n) is 3.36. The Labute approximate surface area is 168 Å². The van der Waals surface area contributed by atoms with Crippen molar-refractivity contribution in [3.8, 4) is 0 Å². The fourth-order valence-corrected chi connectivity index (χ4v) is 3.94. The number of carbonyl (C=O) groups is 1. The van der Waals surface area contributed by atoms with E-state index in [2.05, 4.69) is 4.90 Å². The first-order chi connectivity index (χ1) is 12.9. The largest absolute Gasteiger partial charge is 0.392 e. The van der Waals surface area contributed by atoms with Gasteiger partial charge in [-0.15, -0.1) is 0 Å². The van der Waals surface area contributed by atoms with Gasteiger partial charge in [-0.05, 0) is 35.7 Å². The summed E-state index contributed by atoms with van der Waals surface area (Å²) in [6.07, 6.45) is 0.322. The third-order valence-electron chi connectivity index (χ3n) is 4.69. The number of nitrogens with zero attached hydrogens (tertiary/aromatic N) is 2. The minimum absolute atomic E-state index is 0.0112. The molecule has 144 valence electrons. The normalized spacial score (nSPS) is 18.4. The van der Waals surface area contributed by atoms with Crippen LogP contribution in [0.3, 0.4) is 0 Å². The molecule has 3 rings (SSSR count). The molecule has 2 N–H and O–H groups in total. The first-order valence-electron chi connectivity index (χ1n) is 8.83. The number of hydroxylamine groups is 2. The molecule has 27 heavy (non-hydrogen) atoms. The van der Waals surface area contributed by atoms with E-state index in [4.69, 9.17) is 23.2 Å². The highest BCUT2D eigenvalue weighted by Gasteiger charge is 2.29. The maximum absolute atomic E-state index is 12.7. The highest BCUT2D eigenvalue weighted by atomic mass is 35.5. The van der Waals surface area contributed by atoms with Crippen molar-refractivity contribution in [1.29, 1.82) is 0 Å². The summed E-state index contributed by atoms with van der Waals surface area (Å²) in [6.45, 7) is 1.71. The molecule has 0 spiro atoms. The number of carbonyl (C=O) groups excluding carboxylic acids is 1. The number of benzene rings is 2. The van der Waals surface area contributed by atoms with Gasteiger partial charge in [0.05, 0.1) is 18.6 Å². The zero-order valence-corrected chi connectivity index (χ0v) is 16.3. The quantitative estimate of drug-likeness (QED) is 0.566. The number of hydrogen-bond donors (Lipinski definition) is 2. The number of aliphatic hydroxyl groups excluding tert-OH is 1. The van der Waals surface area contributed by atoms with Crippen molar-refractivity contribution in [3.63, 3.8) is 0 Å².